The van der Waals surface area contributed by atoms with Gasteiger partial charge in [-0.2, -0.15) is 0 Å². The van der Waals surface area contributed by atoms with Crippen molar-refractivity contribution in [3.8, 4) is 5.75 Å². The number of nitrogens with two attached hydrogens (primary N) is 1. The number of halogens is 1. The van der Waals surface area contributed by atoms with Crippen LogP contribution in [0, 0.1) is 5.92 Å². The Morgan fingerprint density at radius 1 is 1.11 bits per heavy atom. The average molecular weight is 405 g/mol. The van der Waals surface area contributed by atoms with Gasteiger partial charge in [0, 0.05) is 18.2 Å². The first-order chi connectivity index (χ1) is 13.1. The topological polar surface area (TPSA) is 73.6 Å². The van der Waals surface area contributed by atoms with Gasteiger partial charge in [0.25, 0.3) is 0 Å². The van der Waals surface area contributed by atoms with Crippen LogP contribution in [0.3, 0.4) is 0 Å². The summed E-state index contributed by atoms with van der Waals surface area (Å²) in [6, 6.07) is 15.8. The van der Waals surface area contributed by atoms with Gasteiger partial charge in [0.05, 0.1) is 20.3 Å². The third-order valence-electron chi connectivity index (χ3n) is 5.07. The normalized spacial score (nSPS) is 18.4. The van der Waals surface area contributed by atoms with Crippen LogP contribution in [0.5, 0.6) is 5.75 Å². The molecule has 1 saturated carbocycles. The van der Waals surface area contributed by atoms with Crippen molar-refractivity contribution in [1.82, 2.24) is 0 Å². The number of nitrogens with one attached hydrogen (secondary N) is 1. The van der Waals surface area contributed by atoms with Crippen LogP contribution in [0.15, 0.2) is 48.5 Å². The summed E-state index contributed by atoms with van der Waals surface area (Å²) in [7, 11) is 1.65. The van der Waals surface area contributed by atoms with Gasteiger partial charge in [-0.1, -0.05) is 30.7 Å². The van der Waals surface area contributed by atoms with Crippen LogP contribution in [0.1, 0.15) is 36.8 Å². The number of hydrogen-bond donors (Lipinski definition) is 2. The summed E-state index contributed by atoms with van der Waals surface area (Å²) in [5.41, 5.74) is 8.98. The first-order valence-electron chi connectivity index (χ1n) is 9.49. The fourth-order valence-electron chi connectivity index (χ4n) is 3.52. The van der Waals surface area contributed by atoms with Crippen molar-refractivity contribution < 1.29 is 14.3 Å². The van der Waals surface area contributed by atoms with E-state index in [1.165, 1.54) is 0 Å². The highest BCUT2D eigenvalue weighted by Crippen LogP contribution is 2.27. The second-order valence-corrected chi connectivity index (χ2v) is 7.15. The van der Waals surface area contributed by atoms with Gasteiger partial charge in [0.1, 0.15) is 5.75 Å². The van der Waals surface area contributed by atoms with Gasteiger partial charge in [0.15, 0.2) is 0 Å². The fourth-order valence-corrected chi connectivity index (χ4v) is 3.52. The van der Waals surface area contributed by atoms with Gasteiger partial charge in [0.2, 0.25) is 5.91 Å². The molecule has 6 heteroatoms. The molecule has 0 radical (unpaired) electrons. The Morgan fingerprint density at radius 2 is 1.86 bits per heavy atom. The quantitative estimate of drug-likeness (QED) is 0.688. The maximum absolute atomic E-state index is 12.3. The predicted molar refractivity (Wildman–Crippen MR) is 114 cm³/mol. The minimum absolute atomic E-state index is 0. The number of carbonyl (C=O) groups is 1. The van der Waals surface area contributed by atoms with E-state index in [4.69, 9.17) is 15.2 Å². The predicted octanol–water partition coefficient (Wildman–Crippen LogP) is 4.29. The lowest BCUT2D eigenvalue weighted by molar-refractivity contribution is -0.117. The number of carbonyl (C=O) groups excluding carboxylic acids is 1. The molecule has 1 aliphatic rings. The molecule has 0 spiro atoms. The molecule has 0 aliphatic heterocycles. The number of anilines is 1. The molecule has 3 N–H and O–H groups in total. The summed E-state index contributed by atoms with van der Waals surface area (Å²) in [4.78, 5) is 12.3. The van der Waals surface area contributed by atoms with Crippen molar-refractivity contribution in [1.29, 1.82) is 0 Å². The largest absolute Gasteiger partial charge is 0.497 e. The van der Waals surface area contributed by atoms with Gasteiger partial charge >= 0.3 is 0 Å². The number of hydrogen-bond acceptors (Lipinski definition) is 4. The van der Waals surface area contributed by atoms with Crippen LogP contribution in [-0.4, -0.2) is 19.1 Å². The van der Waals surface area contributed by atoms with E-state index in [0.717, 1.165) is 41.8 Å². The van der Waals surface area contributed by atoms with Crippen LogP contribution in [0.25, 0.3) is 0 Å². The molecule has 2 atom stereocenters. The van der Waals surface area contributed by atoms with Crippen LogP contribution in [0.4, 0.5) is 5.69 Å². The van der Waals surface area contributed by atoms with Crippen molar-refractivity contribution in [3.05, 3.63) is 59.7 Å². The van der Waals surface area contributed by atoms with Crippen LogP contribution in [-0.2, 0) is 22.7 Å². The van der Waals surface area contributed by atoms with Gasteiger partial charge in [-0.3, -0.25) is 4.79 Å². The van der Waals surface area contributed by atoms with Gasteiger partial charge in [-0.25, -0.2) is 0 Å². The SMILES string of the molecule is COc1ccc(COCc2cccc(NC(=O)C[C@@H]3CCC[C@H]3N)c2)cc1.Cl. The molecular weight excluding hydrogens is 376 g/mol. The Kier molecular flexibility index (Phi) is 8.77. The smallest absolute Gasteiger partial charge is 0.224 e. The summed E-state index contributed by atoms with van der Waals surface area (Å²) < 4.78 is 10.9. The lowest BCUT2D eigenvalue weighted by atomic mass is 10.00. The molecule has 3 rings (SSSR count). The molecule has 5 nitrogen and oxygen atoms in total. The maximum Gasteiger partial charge on any atom is 0.224 e. The standard InChI is InChI=1S/C22H28N2O3.ClH/c1-26-20-10-8-16(9-11-20)14-27-15-17-4-2-6-19(12-17)24-22(25)13-18-5-3-7-21(18)23;/h2,4,6,8-12,18,21H,3,5,7,13-15,23H2,1H3,(H,24,25);1H/t18-,21+;/m0./s1. The first-order valence-corrected chi connectivity index (χ1v) is 9.49. The molecule has 0 saturated heterocycles. The molecule has 1 fully saturated rings. The zero-order valence-corrected chi connectivity index (χ0v) is 17.0. The number of methoxy groups -OCH3 is 1. The first kappa shape index (κ1) is 22.2. The molecule has 0 unspecified atom stereocenters. The molecule has 2 aromatic carbocycles. The number of rotatable bonds is 8. The zero-order valence-electron chi connectivity index (χ0n) is 16.2. The minimum atomic E-state index is 0. The van der Waals surface area contributed by atoms with E-state index in [-0.39, 0.29) is 24.4 Å². The number of benzene rings is 2. The molecule has 0 bridgehead atoms. The van der Waals surface area contributed by atoms with Crippen LogP contribution >= 0.6 is 12.4 Å². The average Bonchev–Trinajstić information content (AvgIpc) is 3.07. The Labute approximate surface area is 173 Å². The molecule has 2 aromatic rings. The van der Waals surface area contributed by atoms with Crippen molar-refractivity contribution in [2.45, 2.75) is 44.9 Å². The lowest BCUT2D eigenvalue weighted by Gasteiger charge is -2.15. The van der Waals surface area contributed by atoms with E-state index in [1.54, 1.807) is 7.11 Å². The van der Waals surface area contributed by atoms with Crippen LogP contribution in [0.2, 0.25) is 0 Å². The highest BCUT2D eigenvalue weighted by atomic mass is 35.5. The third kappa shape index (κ3) is 6.51. The summed E-state index contributed by atoms with van der Waals surface area (Å²) in [6.07, 6.45) is 3.70. The Morgan fingerprint density at radius 3 is 2.54 bits per heavy atom. The highest BCUT2D eigenvalue weighted by Gasteiger charge is 2.25. The lowest BCUT2D eigenvalue weighted by Crippen LogP contribution is -2.28. The summed E-state index contributed by atoms with van der Waals surface area (Å²) in [5.74, 6) is 1.18. The van der Waals surface area contributed by atoms with Crippen molar-refractivity contribution in [2.24, 2.45) is 11.7 Å². The van der Waals surface area contributed by atoms with Crippen molar-refractivity contribution in [3.63, 3.8) is 0 Å². The van der Waals surface area contributed by atoms with Crippen molar-refractivity contribution >= 4 is 24.0 Å². The summed E-state index contributed by atoms with van der Waals surface area (Å²) in [6.45, 7) is 1.02. The van der Waals surface area contributed by atoms with E-state index in [2.05, 4.69) is 5.32 Å². The van der Waals surface area contributed by atoms with Gasteiger partial charge < -0.3 is 20.5 Å². The van der Waals surface area contributed by atoms with E-state index >= 15 is 0 Å². The minimum Gasteiger partial charge on any atom is -0.497 e. The Balaban J connectivity index is 0.00000280. The van der Waals surface area contributed by atoms with Crippen molar-refractivity contribution in [2.75, 3.05) is 12.4 Å². The zero-order chi connectivity index (χ0) is 19.1. The summed E-state index contributed by atoms with van der Waals surface area (Å²) >= 11 is 0. The number of amides is 1. The molecule has 28 heavy (non-hydrogen) atoms. The van der Waals surface area contributed by atoms with Gasteiger partial charge in [-0.15, -0.1) is 12.4 Å². The fraction of sp³-hybridized carbons (Fsp3) is 0.409. The molecule has 152 valence electrons. The second kappa shape index (κ2) is 11.1. The molecular formula is C22H29ClN2O3. The molecule has 1 aliphatic carbocycles. The monoisotopic (exact) mass is 404 g/mol. The van der Waals surface area contributed by atoms with E-state index in [1.807, 2.05) is 48.5 Å². The third-order valence-corrected chi connectivity index (χ3v) is 5.07. The highest BCUT2D eigenvalue weighted by molar-refractivity contribution is 5.91. The van der Waals surface area contributed by atoms with Gasteiger partial charge in [-0.05, 0) is 54.2 Å². The Hall–Kier alpha value is -2.08. The number of ether oxygens (including phenoxy) is 2. The Bertz CT molecular complexity index is 752. The second-order valence-electron chi connectivity index (χ2n) is 7.15. The molecule has 0 heterocycles. The maximum atomic E-state index is 12.3. The van der Waals surface area contributed by atoms with E-state index in [0.29, 0.717) is 25.6 Å². The van der Waals surface area contributed by atoms with E-state index in [9.17, 15) is 4.79 Å². The molecule has 0 aromatic heterocycles. The summed E-state index contributed by atoms with van der Waals surface area (Å²) in [5, 5.41) is 2.99. The molecule has 1 amide bonds. The van der Waals surface area contributed by atoms with Crippen LogP contribution < -0.4 is 15.8 Å². The van der Waals surface area contributed by atoms with E-state index < -0.39 is 0 Å².